The summed E-state index contributed by atoms with van der Waals surface area (Å²) in [6.07, 6.45) is 0. The van der Waals surface area contributed by atoms with Gasteiger partial charge in [-0.3, -0.25) is 0 Å². The van der Waals surface area contributed by atoms with E-state index in [1.165, 1.54) is 6.07 Å². The van der Waals surface area contributed by atoms with Gasteiger partial charge in [0.25, 0.3) is 0 Å². The Labute approximate surface area is 118 Å². The van der Waals surface area contributed by atoms with Crippen molar-refractivity contribution in [2.45, 2.75) is 18.4 Å². The van der Waals surface area contributed by atoms with E-state index in [2.05, 4.69) is 5.32 Å². The summed E-state index contributed by atoms with van der Waals surface area (Å²) >= 11 is 0. The minimum absolute atomic E-state index is 0.00477. The predicted octanol–water partition coefficient (Wildman–Crippen LogP) is 1.84. The number of rotatable bonds is 4. The van der Waals surface area contributed by atoms with Gasteiger partial charge in [-0.1, -0.05) is 29.8 Å². The van der Waals surface area contributed by atoms with Gasteiger partial charge in [-0.2, -0.15) is 0 Å². The van der Waals surface area contributed by atoms with Gasteiger partial charge in [0, 0.05) is 12.2 Å². The highest BCUT2D eigenvalue weighted by molar-refractivity contribution is 7.89. The SMILES string of the molecule is Cc1cccc(CNc2ccc(N)cc2S(N)(=O)=O)c1. The maximum Gasteiger partial charge on any atom is 0.240 e. The molecular weight excluding hydrogens is 274 g/mol. The van der Waals surface area contributed by atoms with E-state index in [9.17, 15) is 8.42 Å². The fourth-order valence-corrected chi connectivity index (χ4v) is 2.69. The molecule has 0 bridgehead atoms. The largest absolute Gasteiger partial charge is 0.399 e. The first-order valence-corrected chi connectivity index (χ1v) is 7.62. The van der Waals surface area contributed by atoms with Crippen LogP contribution < -0.4 is 16.2 Å². The van der Waals surface area contributed by atoms with E-state index >= 15 is 0 Å². The summed E-state index contributed by atoms with van der Waals surface area (Å²) in [5.74, 6) is 0. The Balaban J connectivity index is 2.26. The van der Waals surface area contributed by atoms with Gasteiger partial charge >= 0.3 is 0 Å². The molecule has 0 atom stereocenters. The second-order valence-corrected chi connectivity index (χ2v) is 6.17. The van der Waals surface area contributed by atoms with E-state index in [1.807, 2.05) is 31.2 Å². The van der Waals surface area contributed by atoms with Crippen LogP contribution >= 0.6 is 0 Å². The quantitative estimate of drug-likeness (QED) is 0.748. The first kappa shape index (κ1) is 14.4. The molecule has 5 nitrogen and oxygen atoms in total. The summed E-state index contributed by atoms with van der Waals surface area (Å²) in [6, 6.07) is 12.6. The number of aryl methyl sites for hydroxylation is 1. The van der Waals surface area contributed by atoms with E-state index in [-0.39, 0.29) is 4.90 Å². The zero-order chi connectivity index (χ0) is 14.8. The number of nitrogens with one attached hydrogen (secondary N) is 1. The minimum Gasteiger partial charge on any atom is -0.399 e. The molecule has 106 valence electrons. The minimum atomic E-state index is -3.81. The van der Waals surface area contributed by atoms with Crippen molar-refractivity contribution in [3.8, 4) is 0 Å². The summed E-state index contributed by atoms with van der Waals surface area (Å²) in [5.41, 5.74) is 8.61. The van der Waals surface area contributed by atoms with Crippen LogP contribution in [0.3, 0.4) is 0 Å². The smallest absolute Gasteiger partial charge is 0.240 e. The van der Waals surface area contributed by atoms with Gasteiger partial charge in [0.2, 0.25) is 10.0 Å². The molecular formula is C14H17N3O2S. The Bertz CT molecular complexity index is 727. The third-order valence-electron chi connectivity index (χ3n) is 2.88. The second kappa shape index (κ2) is 5.52. The highest BCUT2D eigenvalue weighted by Gasteiger charge is 2.14. The second-order valence-electron chi connectivity index (χ2n) is 4.64. The van der Waals surface area contributed by atoms with Crippen molar-refractivity contribution in [2.75, 3.05) is 11.1 Å². The van der Waals surface area contributed by atoms with Gasteiger partial charge in [-0.15, -0.1) is 0 Å². The van der Waals surface area contributed by atoms with E-state index in [0.29, 0.717) is 17.9 Å². The lowest BCUT2D eigenvalue weighted by Crippen LogP contribution is -2.15. The fraction of sp³-hybridized carbons (Fsp3) is 0.143. The molecule has 2 aromatic rings. The number of sulfonamides is 1. The maximum absolute atomic E-state index is 11.6. The van der Waals surface area contributed by atoms with Crippen LogP contribution in [-0.2, 0) is 16.6 Å². The first-order valence-electron chi connectivity index (χ1n) is 6.08. The fourth-order valence-electron chi connectivity index (χ4n) is 1.94. The van der Waals surface area contributed by atoms with Crippen molar-refractivity contribution in [1.82, 2.24) is 0 Å². The highest BCUT2D eigenvalue weighted by atomic mass is 32.2. The Morgan fingerprint density at radius 2 is 1.90 bits per heavy atom. The standard InChI is InChI=1S/C14H17N3O2S/c1-10-3-2-4-11(7-10)9-17-13-6-5-12(15)8-14(13)20(16,18)19/h2-8,17H,9,15H2,1H3,(H2,16,18,19). The first-order chi connectivity index (χ1) is 9.36. The normalized spacial score (nSPS) is 11.3. The van der Waals surface area contributed by atoms with Crippen LogP contribution in [0.4, 0.5) is 11.4 Å². The van der Waals surface area contributed by atoms with Crippen LogP contribution in [0.1, 0.15) is 11.1 Å². The van der Waals surface area contributed by atoms with Crippen LogP contribution in [0, 0.1) is 6.92 Å². The van der Waals surface area contributed by atoms with Crippen LogP contribution in [0.15, 0.2) is 47.4 Å². The van der Waals surface area contributed by atoms with Gasteiger partial charge in [0.1, 0.15) is 4.90 Å². The van der Waals surface area contributed by atoms with Crippen molar-refractivity contribution < 1.29 is 8.42 Å². The van der Waals surface area contributed by atoms with Crippen molar-refractivity contribution in [1.29, 1.82) is 0 Å². The Morgan fingerprint density at radius 3 is 2.55 bits per heavy atom. The van der Waals surface area contributed by atoms with E-state index in [1.54, 1.807) is 12.1 Å². The van der Waals surface area contributed by atoms with Crippen molar-refractivity contribution in [3.05, 3.63) is 53.6 Å². The predicted molar refractivity (Wildman–Crippen MR) is 80.7 cm³/mol. The molecule has 0 radical (unpaired) electrons. The molecule has 0 saturated carbocycles. The molecule has 0 heterocycles. The van der Waals surface area contributed by atoms with E-state index < -0.39 is 10.0 Å². The summed E-state index contributed by atoms with van der Waals surface area (Å²) in [6.45, 7) is 2.51. The van der Waals surface area contributed by atoms with E-state index in [0.717, 1.165) is 11.1 Å². The molecule has 2 rings (SSSR count). The van der Waals surface area contributed by atoms with Crippen LogP contribution in [-0.4, -0.2) is 8.42 Å². The summed E-state index contributed by atoms with van der Waals surface area (Å²) in [5, 5.41) is 8.27. The number of anilines is 2. The number of nitrogens with two attached hydrogens (primary N) is 2. The zero-order valence-electron chi connectivity index (χ0n) is 11.1. The highest BCUT2D eigenvalue weighted by Crippen LogP contribution is 2.23. The van der Waals surface area contributed by atoms with Gasteiger partial charge in [0.05, 0.1) is 5.69 Å². The molecule has 0 saturated heterocycles. The zero-order valence-corrected chi connectivity index (χ0v) is 11.9. The molecule has 6 heteroatoms. The molecule has 0 spiro atoms. The summed E-state index contributed by atoms with van der Waals surface area (Å²) in [7, 11) is -3.81. The molecule has 0 fully saturated rings. The lowest BCUT2D eigenvalue weighted by molar-refractivity contribution is 0.598. The maximum atomic E-state index is 11.6. The molecule has 2 aromatic carbocycles. The molecule has 0 unspecified atom stereocenters. The lowest BCUT2D eigenvalue weighted by atomic mass is 10.1. The Hall–Kier alpha value is -2.05. The average Bonchev–Trinajstić information content (AvgIpc) is 2.36. The topological polar surface area (TPSA) is 98.2 Å². The van der Waals surface area contributed by atoms with Gasteiger partial charge in [-0.05, 0) is 30.7 Å². The van der Waals surface area contributed by atoms with Crippen molar-refractivity contribution in [2.24, 2.45) is 5.14 Å². The van der Waals surface area contributed by atoms with Crippen LogP contribution in [0.2, 0.25) is 0 Å². The molecule has 5 N–H and O–H groups in total. The molecule has 0 aliphatic rings. The summed E-state index contributed by atoms with van der Waals surface area (Å²) < 4.78 is 23.1. The van der Waals surface area contributed by atoms with Gasteiger partial charge < -0.3 is 11.1 Å². The number of primary sulfonamides is 1. The molecule has 0 amide bonds. The molecule has 20 heavy (non-hydrogen) atoms. The third kappa shape index (κ3) is 3.49. The van der Waals surface area contributed by atoms with Crippen molar-refractivity contribution in [3.63, 3.8) is 0 Å². The Kier molecular flexibility index (Phi) is 3.96. The molecule has 0 aliphatic carbocycles. The van der Waals surface area contributed by atoms with E-state index in [4.69, 9.17) is 10.9 Å². The number of hydrogen-bond acceptors (Lipinski definition) is 4. The lowest BCUT2D eigenvalue weighted by Gasteiger charge is -2.12. The van der Waals surface area contributed by atoms with Crippen LogP contribution in [0.25, 0.3) is 0 Å². The monoisotopic (exact) mass is 291 g/mol. The number of benzene rings is 2. The summed E-state index contributed by atoms with van der Waals surface area (Å²) in [4.78, 5) is 0.00477. The van der Waals surface area contributed by atoms with Gasteiger partial charge in [0.15, 0.2) is 0 Å². The third-order valence-corrected chi connectivity index (χ3v) is 3.83. The number of hydrogen-bond donors (Lipinski definition) is 3. The average molecular weight is 291 g/mol. The number of nitrogen functional groups attached to an aromatic ring is 1. The molecule has 0 aliphatic heterocycles. The van der Waals surface area contributed by atoms with Crippen molar-refractivity contribution >= 4 is 21.4 Å². The van der Waals surface area contributed by atoms with Gasteiger partial charge in [-0.25, -0.2) is 13.6 Å². The van der Waals surface area contributed by atoms with Crippen LogP contribution in [0.5, 0.6) is 0 Å². The molecule has 0 aromatic heterocycles. The Morgan fingerprint density at radius 1 is 1.15 bits per heavy atom.